The average molecular weight is 433 g/mol. The lowest BCUT2D eigenvalue weighted by molar-refractivity contribution is -0.136. The molecule has 0 spiro atoms. The molecule has 0 atom stereocenters. The number of carbonyl (C=O) groups is 3. The van der Waals surface area contributed by atoms with Crippen molar-refractivity contribution >= 4 is 34.2 Å². The highest BCUT2D eigenvalue weighted by atomic mass is 16.5. The third kappa shape index (κ3) is 3.56. The lowest BCUT2D eigenvalue weighted by atomic mass is 9.99. The number of carboxylic acids is 1. The molecule has 1 N–H and O–H groups in total. The third-order valence-corrected chi connectivity index (χ3v) is 5.15. The van der Waals surface area contributed by atoms with Gasteiger partial charge in [-0.05, 0) is 38.5 Å². The Morgan fingerprint density at radius 2 is 1.50 bits per heavy atom. The summed E-state index contributed by atoms with van der Waals surface area (Å²) in [5, 5.41) is 10.4. The van der Waals surface area contributed by atoms with Crippen molar-refractivity contribution in [2.45, 2.75) is 33.3 Å². The Morgan fingerprint density at radius 3 is 2.03 bits per heavy atom. The van der Waals surface area contributed by atoms with Gasteiger partial charge in [-0.2, -0.15) is 0 Å². The van der Waals surface area contributed by atoms with Crippen LogP contribution in [0.4, 0.5) is 5.69 Å². The van der Waals surface area contributed by atoms with E-state index in [1.54, 1.807) is 24.3 Å². The number of nitrogens with zero attached hydrogens (tertiary/aromatic N) is 1. The molecule has 164 valence electrons. The van der Waals surface area contributed by atoms with Crippen molar-refractivity contribution in [1.82, 2.24) is 0 Å². The van der Waals surface area contributed by atoms with Gasteiger partial charge in [-0.25, -0.2) is 4.90 Å². The first-order valence-electron chi connectivity index (χ1n) is 10.4. The molecule has 0 saturated heterocycles. The molecule has 1 aliphatic rings. The number of hydrogen-bond acceptors (Lipinski definition) is 5. The van der Waals surface area contributed by atoms with Gasteiger partial charge in [-0.1, -0.05) is 36.4 Å². The van der Waals surface area contributed by atoms with E-state index in [-0.39, 0.29) is 23.7 Å². The van der Waals surface area contributed by atoms with Gasteiger partial charge < -0.3 is 14.6 Å². The van der Waals surface area contributed by atoms with Crippen molar-refractivity contribution < 1.29 is 29.0 Å². The van der Waals surface area contributed by atoms with Gasteiger partial charge in [0.1, 0.15) is 11.5 Å². The van der Waals surface area contributed by atoms with Crippen LogP contribution in [-0.4, -0.2) is 35.6 Å². The molecule has 0 radical (unpaired) electrons. The van der Waals surface area contributed by atoms with Crippen LogP contribution in [-0.2, 0) is 11.2 Å². The Bertz CT molecular complexity index is 1230. The Balaban J connectivity index is 1.91. The minimum Gasteiger partial charge on any atom is -0.492 e. The number of carbonyl (C=O) groups excluding carboxylic acids is 2. The zero-order valence-corrected chi connectivity index (χ0v) is 18.0. The van der Waals surface area contributed by atoms with E-state index in [2.05, 4.69) is 0 Å². The highest BCUT2D eigenvalue weighted by Gasteiger charge is 2.43. The van der Waals surface area contributed by atoms with E-state index in [0.29, 0.717) is 40.1 Å². The van der Waals surface area contributed by atoms with Crippen molar-refractivity contribution in [2.75, 3.05) is 11.5 Å². The summed E-state index contributed by atoms with van der Waals surface area (Å²) in [6.07, 6.45) is -0.359. The van der Waals surface area contributed by atoms with Crippen LogP contribution >= 0.6 is 0 Å². The maximum absolute atomic E-state index is 13.5. The van der Waals surface area contributed by atoms with Gasteiger partial charge >= 0.3 is 5.97 Å². The molecule has 4 rings (SSSR count). The second-order valence-electron chi connectivity index (χ2n) is 7.74. The summed E-state index contributed by atoms with van der Waals surface area (Å²) in [6, 6.07) is 13.7. The van der Waals surface area contributed by atoms with Gasteiger partial charge in [0.2, 0.25) is 0 Å². The normalized spacial score (nSPS) is 13.1. The zero-order chi connectivity index (χ0) is 23.0. The molecular formula is C25H23NO6. The van der Waals surface area contributed by atoms with E-state index in [1.807, 2.05) is 45.0 Å². The summed E-state index contributed by atoms with van der Waals surface area (Å²) in [6.45, 7) is 5.86. The highest BCUT2D eigenvalue weighted by molar-refractivity contribution is 6.38. The van der Waals surface area contributed by atoms with Gasteiger partial charge in [0, 0.05) is 10.8 Å². The molecular weight excluding hydrogens is 410 g/mol. The molecule has 7 heteroatoms. The van der Waals surface area contributed by atoms with E-state index in [9.17, 15) is 14.4 Å². The molecule has 2 amide bonds. The molecule has 1 aliphatic heterocycles. The number of benzene rings is 3. The van der Waals surface area contributed by atoms with Crippen LogP contribution in [0.1, 0.15) is 47.1 Å². The molecule has 7 nitrogen and oxygen atoms in total. The molecule has 0 bridgehead atoms. The molecule has 1 heterocycles. The summed E-state index contributed by atoms with van der Waals surface area (Å²) in [4.78, 5) is 39.1. The Kier molecular flexibility index (Phi) is 5.57. The van der Waals surface area contributed by atoms with Gasteiger partial charge in [-0.3, -0.25) is 14.4 Å². The monoisotopic (exact) mass is 433 g/mol. The van der Waals surface area contributed by atoms with Crippen LogP contribution < -0.4 is 14.4 Å². The van der Waals surface area contributed by atoms with Gasteiger partial charge in [-0.15, -0.1) is 0 Å². The number of hydrogen-bond donors (Lipinski definition) is 1. The van der Waals surface area contributed by atoms with Crippen LogP contribution in [0.2, 0.25) is 0 Å². The molecule has 0 aliphatic carbocycles. The summed E-state index contributed by atoms with van der Waals surface area (Å²) in [5.74, 6) is -1.24. The fourth-order valence-electron chi connectivity index (χ4n) is 3.92. The first kappa shape index (κ1) is 21.4. The summed E-state index contributed by atoms with van der Waals surface area (Å²) < 4.78 is 11.9. The van der Waals surface area contributed by atoms with Crippen LogP contribution in [0.25, 0.3) is 10.8 Å². The van der Waals surface area contributed by atoms with Crippen LogP contribution in [0.5, 0.6) is 11.5 Å². The number of ether oxygens (including phenoxy) is 2. The van der Waals surface area contributed by atoms with E-state index in [1.165, 1.54) is 0 Å². The maximum Gasteiger partial charge on any atom is 0.307 e. The molecule has 0 aromatic heterocycles. The van der Waals surface area contributed by atoms with E-state index in [0.717, 1.165) is 4.90 Å². The Hall–Kier alpha value is -3.87. The largest absolute Gasteiger partial charge is 0.492 e. The molecule has 32 heavy (non-hydrogen) atoms. The van der Waals surface area contributed by atoms with Crippen molar-refractivity contribution in [3.8, 4) is 11.5 Å². The molecule has 3 aromatic carbocycles. The number of anilines is 1. The van der Waals surface area contributed by atoms with Crippen LogP contribution in [0, 0.1) is 0 Å². The smallest absolute Gasteiger partial charge is 0.307 e. The second kappa shape index (κ2) is 8.34. The molecule has 0 unspecified atom stereocenters. The standard InChI is InChI=1S/C25H23NO6/c1-4-31-22-17-7-5-6-8-18(17)23(32-14(2)3)21-20(22)24(29)26(25(21)30)16-11-9-15(10-12-16)13-19(27)28/h5-12,14H,4,13H2,1-3H3,(H,27,28). The number of aliphatic carboxylic acids is 1. The van der Waals surface area contributed by atoms with Crippen molar-refractivity contribution in [1.29, 1.82) is 0 Å². The van der Waals surface area contributed by atoms with Crippen molar-refractivity contribution in [3.05, 3.63) is 65.2 Å². The Labute approximate surface area is 185 Å². The number of rotatable bonds is 7. The van der Waals surface area contributed by atoms with Gasteiger partial charge in [0.25, 0.3) is 11.8 Å². The highest BCUT2D eigenvalue weighted by Crippen LogP contribution is 2.46. The lowest BCUT2D eigenvalue weighted by Gasteiger charge is -2.18. The fourth-order valence-corrected chi connectivity index (χ4v) is 3.92. The summed E-state index contributed by atoms with van der Waals surface area (Å²) >= 11 is 0. The lowest BCUT2D eigenvalue weighted by Crippen LogP contribution is -2.29. The van der Waals surface area contributed by atoms with E-state index in [4.69, 9.17) is 14.6 Å². The number of amides is 2. The average Bonchev–Trinajstić information content (AvgIpc) is 3.01. The topological polar surface area (TPSA) is 93.1 Å². The van der Waals surface area contributed by atoms with Crippen LogP contribution in [0.3, 0.4) is 0 Å². The second-order valence-corrected chi connectivity index (χ2v) is 7.74. The molecule has 0 fully saturated rings. The summed E-state index contributed by atoms with van der Waals surface area (Å²) in [7, 11) is 0. The number of imide groups is 1. The van der Waals surface area contributed by atoms with Crippen molar-refractivity contribution in [3.63, 3.8) is 0 Å². The van der Waals surface area contributed by atoms with Crippen LogP contribution in [0.15, 0.2) is 48.5 Å². The zero-order valence-electron chi connectivity index (χ0n) is 18.0. The van der Waals surface area contributed by atoms with E-state index < -0.39 is 17.8 Å². The van der Waals surface area contributed by atoms with Gasteiger partial charge in [0.15, 0.2) is 0 Å². The van der Waals surface area contributed by atoms with Gasteiger partial charge in [0.05, 0.1) is 35.9 Å². The minimum absolute atomic E-state index is 0.144. The van der Waals surface area contributed by atoms with Crippen molar-refractivity contribution in [2.24, 2.45) is 0 Å². The first-order valence-corrected chi connectivity index (χ1v) is 10.4. The SMILES string of the molecule is CCOc1c2c(c(OC(C)C)c3ccccc13)C(=O)N(c1ccc(CC(=O)O)cc1)C2=O. The fraction of sp³-hybridized carbons (Fsp3) is 0.240. The number of carboxylic acid groups (broad SMARTS) is 1. The quantitative estimate of drug-likeness (QED) is 0.553. The minimum atomic E-state index is -0.956. The Morgan fingerprint density at radius 1 is 0.938 bits per heavy atom. The first-order chi connectivity index (χ1) is 15.3. The predicted octanol–water partition coefficient (Wildman–Crippen LogP) is 4.45. The number of fused-ring (bicyclic) bond motifs is 2. The molecule has 3 aromatic rings. The molecule has 0 saturated carbocycles. The third-order valence-electron chi connectivity index (χ3n) is 5.15. The summed E-state index contributed by atoms with van der Waals surface area (Å²) in [5.41, 5.74) is 1.29. The maximum atomic E-state index is 13.5. The predicted molar refractivity (Wildman–Crippen MR) is 120 cm³/mol. The van der Waals surface area contributed by atoms with E-state index >= 15 is 0 Å².